The molecule has 1 aliphatic carbocycles. The molecule has 1 aliphatic rings. The van der Waals surface area contributed by atoms with E-state index in [1.165, 1.54) is 12.0 Å². The maximum Gasteiger partial charge on any atom is 0.373 e. The second-order valence-corrected chi connectivity index (χ2v) is 7.71. The van der Waals surface area contributed by atoms with Crippen molar-refractivity contribution in [3.05, 3.63) is 35.4 Å². The number of carbonyl (C=O) groups is 1. The van der Waals surface area contributed by atoms with E-state index in [2.05, 4.69) is 27.7 Å². The van der Waals surface area contributed by atoms with Crippen LogP contribution < -0.4 is 0 Å². The largest absolute Gasteiger partial charge is 0.373 e. The van der Waals surface area contributed by atoms with Gasteiger partial charge in [-0.1, -0.05) is 59.1 Å². The van der Waals surface area contributed by atoms with Gasteiger partial charge in [-0.15, -0.1) is 0 Å². The summed E-state index contributed by atoms with van der Waals surface area (Å²) >= 11 is 0. The smallest absolute Gasteiger partial charge is 0.293 e. The molecule has 3 nitrogen and oxygen atoms in total. The Morgan fingerprint density at radius 1 is 1.13 bits per heavy atom. The molecule has 3 heteroatoms. The van der Waals surface area contributed by atoms with Crippen molar-refractivity contribution in [2.24, 2.45) is 11.3 Å². The third kappa shape index (κ3) is 5.07. The van der Waals surface area contributed by atoms with Gasteiger partial charge < -0.3 is 0 Å². The summed E-state index contributed by atoms with van der Waals surface area (Å²) in [6, 6.07) is 7.61. The molecule has 0 N–H and O–H groups in total. The lowest BCUT2D eigenvalue weighted by Crippen LogP contribution is -2.37. The van der Waals surface area contributed by atoms with Crippen LogP contribution in [0.3, 0.4) is 0 Å². The van der Waals surface area contributed by atoms with Crippen molar-refractivity contribution in [3.63, 3.8) is 0 Å². The second-order valence-electron chi connectivity index (χ2n) is 7.71. The van der Waals surface area contributed by atoms with E-state index in [9.17, 15) is 4.79 Å². The monoisotopic (exact) mass is 318 g/mol. The van der Waals surface area contributed by atoms with Crippen LogP contribution >= 0.6 is 0 Å². The Morgan fingerprint density at radius 3 is 2.39 bits per heavy atom. The Balaban J connectivity index is 1.92. The summed E-state index contributed by atoms with van der Waals surface area (Å²) in [5, 5.41) is 0. The molecule has 1 saturated carbocycles. The van der Waals surface area contributed by atoms with Gasteiger partial charge in [-0.05, 0) is 48.3 Å². The zero-order valence-electron chi connectivity index (χ0n) is 14.9. The summed E-state index contributed by atoms with van der Waals surface area (Å²) in [6.07, 6.45) is 6.60. The molecule has 2 unspecified atom stereocenters. The molecule has 1 aromatic carbocycles. The predicted octanol–water partition coefficient (Wildman–Crippen LogP) is 5.33. The Bertz CT molecular complexity index is 499. The summed E-state index contributed by atoms with van der Waals surface area (Å²) in [7, 11) is 0. The van der Waals surface area contributed by atoms with E-state index in [0.717, 1.165) is 32.1 Å². The molecule has 0 bridgehead atoms. The third-order valence-corrected chi connectivity index (χ3v) is 4.79. The van der Waals surface area contributed by atoms with Crippen molar-refractivity contribution in [1.82, 2.24) is 0 Å². The highest BCUT2D eigenvalue weighted by Crippen LogP contribution is 2.39. The van der Waals surface area contributed by atoms with Gasteiger partial charge in [0.2, 0.25) is 0 Å². The lowest BCUT2D eigenvalue weighted by molar-refractivity contribution is -0.297. The molecule has 0 spiro atoms. The molecular formula is C20H30O3. The van der Waals surface area contributed by atoms with Crippen LogP contribution in [0.4, 0.5) is 0 Å². The zero-order valence-corrected chi connectivity index (χ0v) is 14.9. The summed E-state index contributed by atoms with van der Waals surface area (Å²) in [5.74, 6) is 0.0299. The first-order valence-electron chi connectivity index (χ1n) is 8.88. The van der Waals surface area contributed by atoms with Crippen molar-refractivity contribution >= 4 is 5.97 Å². The lowest BCUT2D eigenvalue weighted by atomic mass is 9.71. The second kappa shape index (κ2) is 7.96. The van der Waals surface area contributed by atoms with E-state index in [-0.39, 0.29) is 11.5 Å². The molecule has 2 atom stereocenters. The summed E-state index contributed by atoms with van der Waals surface area (Å²) in [5.41, 5.74) is 1.96. The van der Waals surface area contributed by atoms with Gasteiger partial charge in [0.25, 0.3) is 0 Å². The first kappa shape index (κ1) is 18.0. The maximum atomic E-state index is 12.2. The van der Waals surface area contributed by atoms with E-state index in [0.29, 0.717) is 11.5 Å². The molecular weight excluding hydrogens is 288 g/mol. The number of rotatable bonds is 5. The maximum absolute atomic E-state index is 12.2. The number of aryl methyl sites for hydroxylation is 1. The van der Waals surface area contributed by atoms with Gasteiger partial charge in [0.05, 0.1) is 5.56 Å². The van der Waals surface area contributed by atoms with Gasteiger partial charge in [0.1, 0.15) is 6.10 Å². The molecule has 23 heavy (non-hydrogen) atoms. The number of hydrogen-bond donors (Lipinski definition) is 0. The molecule has 0 aromatic heterocycles. The fourth-order valence-corrected chi connectivity index (χ4v) is 3.45. The van der Waals surface area contributed by atoms with Crippen molar-refractivity contribution in [1.29, 1.82) is 0 Å². The lowest BCUT2D eigenvalue weighted by Gasteiger charge is -2.38. The number of hydrogen-bond acceptors (Lipinski definition) is 3. The van der Waals surface area contributed by atoms with Gasteiger partial charge >= 0.3 is 5.97 Å². The van der Waals surface area contributed by atoms with E-state index in [4.69, 9.17) is 9.78 Å². The van der Waals surface area contributed by atoms with Gasteiger partial charge in [-0.25, -0.2) is 4.79 Å². The van der Waals surface area contributed by atoms with Crippen LogP contribution in [0.1, 0.15) is 75.7 Å². The summed E-state index contributed by atoms with van der Waals surface area (Å²) < 4.78 is 0. The Hall–Kier alpha value is -1.35. The van der Waals surface area contributed by atoms with E-state index >= 15 is 0 Å². The van der Waals surface area contributed by atoms with E-state index in [1.807, 2.05) is 24.3 Å². The minimum absolute atomic E-state index is 0.00654. The van der Waals surface area contributed by atoms with Crippen LogP contribution in [0, 0.1) is 11.3 Å². The first-order valence-corrected chi connectivity index (χ1v) is 8.88. The molecule has 1 fully saturated rings. The van der Waals surface area contributed by atoms with Gasteiger partial charge in [0.15, 0.2) is 0 Å². The fraction of sp³-hybridized carbons (Fsp3) is 0.650. The van der Waals surface area contributed by atoms with Crippen molar-refractivity contribution < 1.29 is 14.6 Å². The van der Waals surface area contributed by atoms with Crippen LogP contribution in [0.25, 0.3) is 0 Å². The molecule has 0 heterocycles. The summed E-state index contributed by atoms with van der Waals surface area (Å²) in [4.78, 5) is 22.9. The molecule has 1 aromatic rings. The third-order valence-electron chi connectivity index (χ3n) is 4.79. The quantitative estimate of drug-likeness (QED) is 0.543. The van der Waals surface area contributed by atoms with Gasteiger partial charge in [0, 0.05) is 0 Å². The minimum Gasteiger partial charge on any atom is -0.293 e. The van der Waals surface area contributed by atoms with Crippen molar-refractivity contribution in [3.8, 4) is 0 Å². The summed E-state index contributed by atoms with van der Waals surface area (Å²) in [6.45, 7) is 8.83. The fourth-order valence-electron chi connectivity index (χ4n) is 3.45. The van der Waals surface area contributed by atoms with Crippen LogP contribution in [0.2, 0.25) is 0 Å². The number of benzene rings is 1. The average molecular weight is 318 g/mol. The molecule has 2 rings (SSSR count). The number of carbonyl (C=O) groups excluding carboxylic acids is 1. The van der Waals surface area contributed by atoms with Crippen LogP contribution in [0.15, 0.2) is 24.3 Å². The zero-order chi connectivity index (χ0) is 16.9. The first-order chi connectivity index (χ1) is 10.9. The van der Waals surface area contributed by atoms with E-state index < -0.39 is 5.97 Å². The highest BCUT2D eigenvalue weighted by molar-refractivity contribution is 5.88. The van der Waals surface area contributed by atoms with Crippen molar-refractivity contribution in [2.45, 2.75) is 72.3 Å². The topological polar surface area (TPSA) is 35.5 Å². The molecule has 128 valence electrons. The predicted molar refractivity (Wildman–Crippen MR) is 92.1 cm³/mol. The highest BCUT2D eigenvalue weighted by Gasteiger charge is 2.36. The standard InChI is InChI=1S/C20H30O3/c1-5-8-15-11-13-16(14-12-15)19(21)23-22-18-10-7-6-9-17(18)20(2,3)4/h11-14,17-18H,5-10H2,1-4H3. The van der Waals surface area contributed by atoms with Gasteiger partial charge in [-0.3, -0.25) is 4.89 Å². The average Bonchev–Trinajstić information content (AvgIpc) is 2.53. The molecule has 0 amide bonds. The minimum atomic E-state index is -0.397. The van der Waals surface area contributed by atoms with Crippen LogP contribution in [0.5, 0.6) is 0 Å². The van der Waals surface area contributed by atoms with Crippen LogP contribution in [-0.4, -0.2) is 12.1 Å². The highest BCUT2D eigenvalue weighted by atomic mass is 17.2. The van der Waals surface area contributed by atoms with Gasteiger partial charge in [-0.2, -0.15) is 4.89 Å². The Labute approximate surface area is 140 Å². The normalized spacial score (nSPS) is 21.9. The van der Waals surface area contributed by atoms with Crippen LogP contribution in [-0.2, 0) is 16.2 Å². The van der Waals surface area contributed by atoms with E-state index in [1.54, 1.807) is 0 Å². The molecule has 0 radical (unpaired) electrons. The SMILES string of the molecule is CCCc1ccc(C(=O)OOC2CCCCC2C(C)(C)C)cc1. The molecule has 0 aliphatic heterocycles. The Kier molecular flexibility index (Phi) is 6.23. The van der Waals surface area contributed by atoms with Crippen molar-refractivity contribution in [2.75, 3.05) is 0 Å². The Morgan fingerprint density at radius 2 is 1.78 bits per heavy atom. The molecule has 0 saturated heterocycles.